The predicted molar refractivity (Wildman–Crippen MR) is 115 cm³/mol. The van der Waals surface area contributed by atoms with E-state index in [0.29, 0.717) is 26.2 Å². The highest BCUT2D eigenvalue weighted by atomic mass is 32.2. The molecule has 0 radical (unpaired) electrons. The summed E-state index contributed by atoms with van der Waals surface area (Å²) in [5.41, 5.74) is 0.0887. The molecule has 1 amide bonds. The Bertz CT molecular complexity index is 1250. The molecule has 2 aromatic carbocycles. The maximum absolute atomic E-state index is 14.4. The molecule has 2 fully saturated rings. The van der Waals surface area contributed by atoms with Gasteiger partial charge in [-0.25, -0.2) is 12.8 Å². The summed E-state index contributed by atoms with van der Waals surface area (Å²) in [6.45, 7) is 1.75. The zero-order valence-electron chi connectivity index (χ0n) is 17.3. The number of rotatable bonds is 5. The summed E-state index contributed by atoms with van der Waals surface area (Å²) in [5, 5.41) is -0.246. The molecule has 0 atom stereocenters. The Balaban J connectivity index is 1.52. The number of carbonyl (C=O) groups excluding carboxylic acids is 1. The highest BCUT2D eigenvalue weighted by Gasteiger charge is 2.37. The fourth-order valence-electron chi connectivity index (χ4n) is 3.85. The van der Waals surface area contributed by atoms with Crippen molar-refractivity contribution >= 4 is 21.6 Å². The molecular formula is C23H22FN3O4S. The number of hydrogen-bond acceptors (Lipinski definition) is 6. The third kappa shape index (κ3) is 3.77. The number of piperazine rings is 1. The Morgan fingerprint density at radius 3 is 2.28 bits per heavy atom. The predicted octanol–water partition coefficient (Wildman–Crippen LogP) is 3.37. The molecule has 1 aromatic heterocycles. The van der Waals surface area contributed by atoms with Gasteiger partial charge in [-0.2, -0.15) is 4.98 Å². The van der Waals surface area contributed by atoms with E-state index >= 15 is 0 Å². The standard InChI is InChI=1S/C23H22FN3O4S/c24-19-9-5-4-8-18(19)20-25-21(32(29,30)17-6-2-1-3-7-17)23(31-20)27-14-12-26(13-15-27)22(28)16-10-11-16/h1-9,16H,10-15H2. The Kier molecular flexibility index (Phi) is 5.21. The first kappa shape index (κ1) is 20.7. The van der Waals surface area contributed by atoms with E-state index in [9.17, 15) is 17.6 Å². The van der Waals surface area contributed by atoms with Gasteiger partial charge in [0.15, 0.2) is 0 Å². The van der Waals surface area contributed by atoms with Crippen molar-refractivity contribution in [3.8, 4) is 11.5 Å². The summed E-state index contributed by atoms with van der Waals surface area (Å²) in [6, 6.07) is 13.9. The van der Waals surface area contributed by atoms with Gasteiger partial charge < -0.3 is 14.2 Å². The van der Waals surface area contributed by atoms with Crippen molar-refractivity contribution in [3.05, 3.63) is 60.4 Å². The smallest absolute Gasteiger partial charge is 0.236 e. The normalized spacial score (nSPS) is 16.9. The van der Waals surface area contributed by atoms with Crippen LogP contribution in [-0.2, 0) is 14.6 Å². The van der Waals surface area contributed by atoms with Gasteiger partial charge in [0, 0.05) is 32.1 Å². The molecule has 0 unspecified atom stereocenters. The second-order valence-electron chi connectivity index (χ2n) is 8.01. The lowest BCUT2D eigenvalue weighted by molar-refractivity contribution is -0.132. The van der Waals surface area contributed by atoms with Crippen molar-refractivity contribution in [2.75, 3.05) is 31.1 Å². The van der Waals surface area contributed by atoms with Crippen LogP contribution in [0, 0.1) is 11.7 Å². The number of oxazole rings is 1. The number of nitrogens with zero attached hydrogens (tertiary/aromatic N) is 3. The maximum atomic E-state index is 14.4. The molecule has 1 saturated carbocycles. The summed E-state index contributed by atoms with van der Waals surface area (Å²) >= 11 is 0. The second-order valence-corrected chi connectivity index (χ2v) is 9.88. The molecular weight excluding hydrogens is 433 g/mol. The van der Waals surface area contributed by atoms with Gasteiger partial charge in [0.1, 0.15) is 5.82 Å². The lowest BCUT2D eigenvalue weighted by atomic mass is 10.2. The van der Waals surface area contributed by atoms with Crippen LogP contribution in [0.15, 0.2) is 68.9 Å². The average molecular weight is 456 g/mol. The molecule has 1 aliphatic carbocycles. The van der Waals surface area contributed by atoms with Crippen LogP contribution in [0.2, 0.25) is 0 Å². The molecule has 2 heterocycles. The number of halogens is 1. The fraction of sp³-hybridized carbons (Fsp3) is 0.304. The zero-order valence-corrected chi connectivity index (χ0v) is 18.1. The monoisotopic (exact) mass is 455 g/mol. The molecule has 166 valence electrons. The minimum Gasteiger partial charge on any atom is -0.419 e. The van der Waals surface area contributed by atoms with Crippen LogP contribution in [0.3, 0.4) is 0 Å². The number of benzene rings is 2. The third-order valence-corrected chi connectivity index (χ3v) is 7.46. The van der Waals surface area contributed by atoms with Crippen LogP contribution >= 0.6 is 0 Å². The van der Waals surface area contributed by atoms with Crippen LogP contribution < -0.4 is 4.90 Å². The Hall–Kier alpha value is -3.20. The Labute approximate surface area is 185 Å². The minimum atomic E-state index is -4.00. The second kappa shape index (κ2) is 8.05. The first-order valence-electron chi connectivity index (χ1n) is 10.5. The van der Waals surface area contributed by atoms with Gasteiger partial charge in [0.05, 0.1) is 10.5 Å². The van der Waals surface area contributed by atoms with E-state index in [1.165, 1.54) is 24.3 Å². The van der Waals surface area contributed by atoms with E-state index in [1.807, 2.05) is 4.90 Å². The first-order valence-corrected chi connectivity index (χ1v) is 12.0. The fourth-order valence-corrected chi connectivity index (χ4v) is 5.19. The van der Waals surface area contributed by atoms with Crippen molar-refractivity contribution < 1.29 is 22.0 Å². The van der Waals surface area contributed by atoms with Gasteiger partial charge in [-0.3, -0.25) is 4.79 Å². The van der Waals surface area contributed by atoms with E-state index in [-0.39, 0.29) is 39.1 Å². The summed E-state index contributed by atoms with van der Waals surface area (Å²) < 4.78 is 47.0. The molecule has 0 N–H and O–H groups in total. The largest absolute Gasteiger partial charge is 0.419 e. The molecule has 5 rings (SSSR count). The Morgan fingerprint density at radius 1 is 0.969 bits per heavy atom. The van der Waals surface area contributed by atoms with Crippen molar-refractivity contribution in [2.45, 2.75) is 22.8 Å². The lowest BCUT2D eigenvalue weighted by Gasteiger charge is -2.34. The number of sulfone groups is 1. The van der Waals surface area contributed by atoms with E-state index in [1.54, 1.807) is 35.2 Å². The number of anilines is 1. The van der Waals surface area contributed by atoms with Crippen LogP contribution in [-0.4, -0.2) is 50.4 Å². The first-order chi connectivity index (χ1) is 15.4. The van der Waals surface area contributed by atoms with E-state index in [0.717, 1.165) is 12.8 Å². The van der Waals surface area contributed by atoms with E-state index in [4.69, 9.17) is 4.42 Å². The summed E-state index contributed by atoms with van der Waals surface area (Å²) in [4.78, 5) is 20.3. The number of amides is 1. The van der Waals surface area contributed by atoms with Gasteiger partial charge in [0.2, 0.25) is 32.5 Å². The van der Waals surface area contributed by atoms with Gasteiger partial charge >= 0.3 is 0 Å². The summed E-state index contributed by atoms with van der Waals surface area (Å²) in [7, 11) is -4.00. The molecule has 1 saturated heterocycles. The highest BCUT2D eigenvalue weighted by Crippen LogP contribution is 2.36. The highest BCUT2D eigenvalue weighted by molar-refractivity contribution is 7.91. The number of aromatic nitrogens is 1. The van der Waals surface area contributed by atoms with Crippen molar-refractivity contribution in [1.29, 1.82) is 0 Å². The number of hydrogen-bond donors (Lipinski definition) is 0. The van der Waals surface area contributed by atoms with Crippen LogP contribution in [0.5, 0.6) is 0 Å². The SMILES string of the molecule is O=C(C1CC1)N1CCN(c2oc(-c3ccccc3F)nc2S(=O)(=O)c2ccccc2)CC1. The lowest BCUT2D eigenvalue weighted by Crippen LogP contribution is -2.49. The third-order valence-electron chi connectivity index (χ3n) is 5.80. The van der Waals surface area contributed by atoms with Crippen molar-refractivity contribution in [2.24, 2.45) is 5.92 Å². The van der Waals surface area contributed by atoms with Crippen molar-refractivity contribution in [1.82, 2.24) is 9.88 Å². The zero-order chi connectivity index (χ0) is 22.3. The quantitative estimate of drug-likeness (QED) is 0.587. The Morgan fingerprint density at radius 2 is 1.62 bits per heavy atom. The molecule has 2 aliphatic rings. The molecule has 32 heavy (non-hydrogen) atoms. The van der Waals surface area contributed by atoms with Crippen molar-refractivity contribution in [3.63, 3.8) is 0 Å². The van der Waals surface area contributed by atoms with Gasteiger partial charge in [0.25, 0.3) is 0 Å². The van der Waals surface area contributed by atoms with Gasteiger partial charge in [-0.05, 0) is 37.1 Å². The summed E-state index contributed by atoms with van der Waals surface area (Å²) in [6.07, 6.45) is 1.87. The number of carbonyl (C=O) groups is 1. The molecule has 3 aromatic rings. The average Bonchev–Trinajstić information content (AvgIpc) is 3.57. The molecule has 0 spiro atoms. The van der Waals surface area contributed by atoms with E-state index in [2.05, 4.69) is 4.98 Å². The van der Waals surface area contributed by atoms with Gasteiger partial charge in [-0.15, -0.1) is 0 Å². The molecule has 1 aliphatic heterocycles. The van der Waals surface area contributed by atoms with E-state index < -0.39 is 15.7 Å². The van der Waals surface area contributed by atoms with Crippen LogP contribution in [0.25, 0.3) is 11.5 Å². The van der Waals surface area contributed by atoms with Gasteiger partial charge in [-0.1, -0.05) is 30.3 Å². The molecule has 7 nitrogen and oxygen atoms in total. The maximum Gasteiger partial charge on any atom is 0.236 e. The molecule has 9 heteroatoms. The van der Waals surface area contributed by atoms with Crippen LogP contribution in [0.4, 0.5) is 10.3 Å². The summed E-state index contributed by atoms with van der Waals surface area (Å²) in [5.74, 6) is -0.279. The minimum absolute atomic E-state index is 0.0747. The van der Waals surface area contributed by atoms with Crippen LogP contribution in [0.1, 0.15) is 12.8 Å². The topological polar surface area (TPSA) is 83.7 Å². The molecule has 0 bridgehead atoms.